The molecule has 2 aliphatic rings. The van der Waals surface area contributed by atoms with Gasteiger partial charge >= 0.3 is 12.6 Å². The van der Waals surface area contributed by atoms with Crippen LogP contribution in [0, 0.1) is 11.8 Å². The first kappa shape index (κ1) is 19.2. The molecular formula is C18H20F2N2O5. The van der Waals surface area contributed by atoms with Crippen molar-refractivity contribution in [3.8, 4) is 5.75 Å². The van der Waals surface area contributed by atoms with E-state index in [0.29, 0.717) is 5.56 Å². The molecule has 7 nitrogen and oxygen atoms in total. The fourth-order valence-electron chi connectivity index (χ4n) is 4.16. The molecule has 2 fully saturated rings. The smallest absolute Gasteiger partial charge is 0.387 e. The van der Waals surface area contributed by atoms with Gasteiger partial charge in [0.15, 0.2) is 0 Å². The number of carbonyl (C=O) groups is 3. The number of amides is 2. The third-order valence-corrected chi connectivity index (χ3v) is 5.42. The summed E-state index contributed by atoms with van der Waals surface area (Å²) in [5, 5.41) is 3.10. The van der Waals surface area contributed by atoms with E-state index in [-0.39, 0.29) is 12.2 Å². The van der Waals surface area contributed by atoms with E-state index in [1.165, 1.54) is 32.4 Å². The summed E-state index contributed by atoms with van der Waals surface area (Å²) in [7, 11) is 2.58. The van der Waals surface area contributed by atoms with E-state index in [2.05, 4.69) is 10.1 Å². The third-order valence-electron chi connectivity index (χ3n) is 5.42. The number of ether oxygens (including phenoxy) is 2. The summed E-state index contributed by atoms with van der Waals surface area (Å²) < 4.78 is 34.4. The number of nitrogens with one attached hydrogen (secondary N) is 1. The van der Waals surface area contributed by atoms with E-state index >= 15 is 0 Å². The highest BCUT2D eigenvalue weighted by atomic mass is 19.3. The van der Waals surface area contributed by atoms with E-state index in [1.807, 2.05) is 0 Å². The highest BCUT2D eigenvalue weighted by Gasteiger charge is 2.67. The molecular weight excluding hydrogens is 362 g/mol. The van der Waals surface area contributed by atoms with E-state index in [4.69, 9.17) is 4.74 Å². The van der Waals surface area contributed by atoms with Crippen LogP contribution in [0.25, 0.3) is 0 Å². The Morgan fingerprint density at radius 2 is 2.04 bits per heavy atom. The molecule has 1 N–H and O–H groups in total. The molecule has 0 saturated carbocycles. The van der Waals surface area contributed by atoms with Gasteiger partial charge in [0.2, 0.25) is 11.8 Å². The molecule has 0 spiro atoms. The van der Waals surface area contributed by atoms with Gasteiger partial charge in [-0.05, 0) is 24.1 Å². The minimum Gasteiger partial charge on any atom is -0.468 e. The van der Waals surface area contributed by atoms with Gasteiger partial charge in [-0.1, -0.05) is 19.1 Å². The molecule has 27 heavy (non-hydrogen) atoms. The first-order chi connectivity index (χ1) is 12.8. The van der Waals surface area contributed by atoms with E-state index in [0.717, 1.165) is 4.90 Å². The Balaban J connectivity index is 2.08. The second-order valence-electron chi connectivity index (χ2n) is 6.63. The zero-order chi connectivity index (χ0) is 19.9. The quantitative estimate of drug-likeness (QED) is 0.614. The number of halogens is 2. The number of likely N-dealkylation sites (tertiary alicyclic amines) is 1. The molecule has 2 aliphatic heterocycles. The minimum absolute atomic E-state index is 0.0713. The van der Waals surface area contributed by atoms with Gasteiger partial charge in [0.25, 0.3) is 0 Å². The van der Waals surface area contributed by atoms with Gasteiger partial charge in [0, 0.05) is 13.1 Å². The number of alkyl halides is 2. The van der Waals surface area contributed by atoms with Crippen molar-refractivity contribution in [2.45, 2.75) is 31.5 Å². The first-order valence-electron chi connectivity index (χ1n) is 8.49. The normalized spacial score (nSPS) is 30.0. The van der Waals surface area contributed by atoms with Crippen LogP contribution in [0.15, 0.2) is 24.3 Å². The van der Waals surface area contributed by atoms with Crippen molar-refractivity contribution in [3.63, 3.8) is 0 Å². The van der Waals surface area contributed by atoms with Crippen molar-refractivity contribution < 1.29 is 32.6 Å². The number of carbonyl (C=O) groups excluding carboxylic acids is 3. The number of esters is 1. The summed E-state index contributed by atoms with van der Waals surface area (Å²) in [6.07, 6.45) is 0.220. The number of rotatable bonds is 5. The van der Waals surface area contributed by atoms with Gasteiger partial charge in [0.05, 0.1) is 18.9 Å². The molecule has 9 heteroatoms. The van der Waals surface area contributed by atoms with Gasteiger partial charge in [-0.2, -0.15) is 8.78 Å². The highest BCUT2D eigenvalue weighted by Crippen LogP contribution is 2.50. The van der Waals surface area contributed by atoms with E-state index < -0.39 is 47.8 Å². The number of imide groups is 1. The van der Waals surface area contributed by atoms with Crippen LogP contribution in [0.1, 0.15) is 24.9 Å². The maximum atomic E-state index is 12.7. The van der Waals surface area contributed by atoms with Crippen LogP contribution in [0.3, 0.4) is 0 Å². The fraction of sp³-hybridized carbons (Fsp3) is 0.500. The molecule has 1 aromatic carbocycles. The molecule has 3 rings (SSSR count). The van der Waals surface area contributed by atoms with Crippen LogP contribution in [0.2, 0.25) is 0 Å². The van der Waals surface area contributed by atoms with Gasteiger partial charge in [-0.3, -0.25) is 24.6 Å². The maximum absolute atomic E-state index is 12.7. The lowest BCUT2D eigenvalue weighted by Crippen LogP contribution is -2.55. The number of fused-ring (bicyclic) bond motifs is 1. The van der Waals surface area contributed by atoms with Gasteiger partial charge in [0.1, 0.15) is 11.3 Å². The predicted octanol–water partition coefficient (Wildman–Crippen LogP) is 1.49. The summed E-state index contributed by atoms with van der Waals surface area (Å²) in [4.78, 5) is 39.0. The molecule has 2 amide bonds. The van der Waals surface area contributed by atoms with Crippen molar-refractivity contribution in [1.29, 1.82) is 0 Å². The first-order valence-corrected chi connectivity index (χ1v) is 8.49. The zero-order valence-electron chi connectivity index (χ0n) is 15.1. The van der Waals surface area contributed by atoms with Crippen molar-refractivity contribution in [2.75, 3.05) is 14.2 Å². The van der Waals surface area contributed by atoms with Crippen LogP contribution >= 0.6 is 0 Å². The molecule has 4 atom stereocenters. The van der Waals surface area contributed by atoms with Gasteiger partial charge < -0.3 is 9.47 Å². The van der Waals surface area contributed by atoms with Gasteiger partial charge in [-0.25, -0.2) is 0 Å². The molecule has 146 valence electrons. The summed E-state index contributed by atoms with van der Waals surface area (Å²) >= 11 is 0. The molecule has 0 bridgehead atoms. The Bertz CT molecular complexity index is 787. The Kier molecular flexibility index (Phi) is 4.90. The SMILES string of the molecule is CC[C@@]1(C(=O)OC)N[C@H](c2cccc(OC(F)F)c2)[C@@H]2C(=O)N(C)C(=O)[C@@H]21. The van der Waals surface area contributed by atoms with Crippen LogP contribution in [0.4, 0.5) is 8.78 Å². The fourth-order valence-corrected chi connectivity index (χ4v) is 4.16. The standard InChI is InChI=1S/C18H20F2N2O5/c1-4-18(16(25)26-3)12-11(14(23)22(2)15(12)24)13(21-18)9-6-5-7-10(8-9)27-17(19)20/h5-8,11-13,17,21H,4H2,1-3H3/t11-,12-,13-,18-/m1/s1. The molecule has 2 saturated heterocycles. The number of benzene rings is 1. The lowest BCUT2D eigenvalue weighted by molar-refractivity contribution is -0.154. The lowest BCUT2D eigenvalue weighted by atomic mass is 9.78. The Morgan fingerprint density at radius 1 is 1.33 bits per heavy atom. The van der Waals surface area contributed by atoms with Crippen LogP contribution in [-0.2, 0) is 19.1 Å². The molecule has 0 aliphatic carbocycles. The number of hydrogen-bond acceptors (Lipinski definition) is 6. The molecule has 0 radical (unpaired) electrons. The van der Waals surface area contributed by atoms with Crippen LogP contribution in [0.5, 0.6) is 5.75 Å². The highest BCUT2D eigenvalue weighted by molar-refractivity contribution is 6.09. The van der Waals surface area contributed by atoms with E-state index in [9.17, 15) is 23.2 Å². The Hall–Kier alpha value is -2.55. The Morgan fingerprint density at radius 3 is 2.63 bits per heavy atom. The number of nitrogens with zero attached hydrogens (tertiary/aromatic N) is 1. The second kappa shape index (κ2) is 6.88. The zero-order valence-corrected chi connectivity index (χ0v) is 15.1. The minimum atomic E-state index is -2.99. The second-order valence-corrected chi connectivity index (χ2v) is 6.63. The Labute approximate surface area is 154 Å². The summed E-state index contributed by atoms with van der Waals surface area (Å²) in [5.41, 5.74) is -0.903. The van der Waals surface area contributed by atoms with Crippen LogP contribution < -0.4 is 10.1 Å². The predicted molar refractivity (Wildman–Crippen MR) is 88.7 cm³/mol. The molecule has 0 unspecified atom stereocenters. The number of methoxy groups -OCH3 is 1. The largest absolute Gasteiger partial charge is 0.468 e. The average Bonchev–Trinajstić information content (AvgIpc) is 3.11. The molecule has 1 aromatic rings. The summed E-state index contributed by atoms with van der Waals surface area (Å²) in [6.45, 7) is -1.27. The third kappa shape index (κ3) is 2.86. The maximum Gasteiger partial charge on any atom is 0.387 e. The molecule has 2 heterocycles. The van der Waals surface area contributed by atoms with E-state index in [1.54, 1.807) is 13.0 Å². The van der Waals surface area contributed by atoms with Gasteiger partial charge in [-0.15, -0.1) is 0 Å². The topological polar surface area (TPSA) is 84.9 Å². The van der Waals surface area contributed by atoms with Crippen molar-refractivity contribution in [3.05, 3.63) is 29.8 Å². The molecule has 0 aromatic heterocycles. The average molecular weight is 382 g/mol. The number of hydrogen-bond donors (Lipinski definition) is 1. The van der Waals surface area contributed by atoms with Crippen molar-refractivity contribution >= 4 is 17.8 Å². The van der Waals surface area contributed by atoms with Crippen molar-refractivity contribution in [1.82, 2.24) is 10.2 Å². The monoisotopic (exact) mass is 382 g/mol. The van der Waals surface area contributed by atoms with Crippen LogP contribution in [-0.4, -0.2) is 49.0 Å². The lowest BCUT2D eigenvalue weighted by Gasteiger charge is -2.30. The summed E-state index contributed by atoms with van der Waals surface area (Å²) in [6, 6.07) is 5.16. The van der Waals surface area contributed by atoms with Crippen molar-refractivity contribution in [2.24, 2.45) is 11.8 Å². The summed E-state index contributed by atoms with van der Waals surface area (Å²) in [5.74, 6) is -3.38.